The molecule has 2 amide bonds. The predicted octanol–water partition coefficient (Wildman–Crippen LogP) is 9.00. The Hall–Kier alpha value is -7.84. The first kappa shape index (κ1) is 58.8. The molecule has 2 aliphatic rings. The number of amides is 2. The van der Waals surface area contributed by atoms with Gasteiger partial charge >= 0.3 is 11.9 Å². The molecule has 0 bridgehead atoms. The van der Waals surface area contributed by atoms with E-state index in [0.717, 1.165) is 33.4 Å². The highest BCUT2D eigenvalue weighted by molar-refractivity contribution is 7.89. The van der Waals surface area contributed by atoms with Gasteiger partial charge in [0.05, 0.1) is 36.2 Å². The number of carbonyl (C=O) groups excluding carboxylic acids is 4. The van der Waals surface area contributed by atoms with Crippen LogP contribution in [-0.2, 0) is 84.6 Å². The zero-order chi connectivity index (χ0) is 57.3. The summed E-state index contributed by atoms with van der Waals surface area (Å²) in [4.78, 5) is 56.2. The maximum Gasteiger partial charge on any atom is 0.331 e. The molecule has 2 N–H and O–H groups in total. The maximum absolute atomic E-state index is 14.1. The molecule has 2 aliphatic heterocycles. The van der Waals surface area contributed by atoms with Crippen LogP contribution in [-0.4, -0.2) is 99.7 Å². The van der Waals surface area contributed by atoms with Crippen LogP contribution >= 0.6 is 0 Å². The smallest absolute Gasteiger partial charge is 0.331 e. The molecule has 0 aliphatic carbocycles. The topological polar surface area (TPSA) is 204 Å². The van der Waals surface area contributed by atoms with E-state index < -0.39 is 68.0 Å². The first-order valence-corrected chi connectivity index (χ1v) is 30.3. The van der Waals surface area contributed by atoms with Crippen LogP contribution in [0.3, 0.4) is 0 Å². The summed E-state index contributed by atoms with van der Waals surface area (Å²) >= 11 is 0. The van der Waals surface area contributed by atoms with Gasteiger partial charge in [0.15, 0.2) is 12.1 Å². The highest BCUT2D eigenvalue weighted by Gasteiger charge is 2.41. The number of carbonyl (C=O) groups is 4. The molecular weight excluding hydrogens is 1080 g/mol. The zero-order valence-electron chi connectivity index (χ0n) is 45.3. The van der Waals surface area contributed by atoms with Crippen molar-refractivity contribution in [2.24, 2.45) is 0 Å². The third-order valence-corrected chi connectivity index (χ3v) is 18.3. The summed E-state index contributed by atoms with van der Waals surface area (Å²) in [5.41, 5.74) is 6.38. The second-order valence-corrected chi connectivity index (χ2v) is 24.0. The van der Waals surface area contributed by atoms with Crippen LogP contribution in [0.2, 0.25) is 0 Å². The Morgan fingerprint density at radius 1 is 0.402 bits per heavy atom. The van der Waals surface area contributed by atoms with E-state index >= 15 is 0 Å². The van der Waals surface area contributed by atoms with Crippen LogP contribution in [0.5, 0.6) is 0 Å². The molecule has 0 aromatic heterocycles. The van der Waals surface area contributed by atoms with E-state index in [-0.39, 0.29) is 75.4 Å². The first-order chi connectivity index (χ1) is 39.8. The lowest BCUT2D eigenvalue weighted by Gasteiger charge is -2.34. The van der Waals surface area contributed by atoms with Gasteiger partial charge in [0.1, 0.15) is 25.3 Å². The SMILES string of the molecule is O=C(OCc1ccc(COC(=O)[C@H](COCc2ccccc2)NC(=O)C2CCCCN2S(=O)(=O)c2ccc(-c3ccccc3)cc2)cc1)C(COCc1ccccc1)NC(=O)C1CCCCN1S(=O)(=O)c1ccc(-c2ccccc2)cc1. The number of hydrogen-bond donors (Lipinski definition) is 2. The molecular formula is C64H66N4O12S2. The number of nitrogens with one attached hydrogen (secondary N) is 2. The van der Waals surface area contributed by atoms with Crippen molar-refractivity contribution < 1.29 is 55.0 Å². The summed E-state index contributed by atoms with van der Waals surface area (Å²) < 4.78 is 82.3. The number of benzene rings is 7. The number of ether oxygens (including phenoxy) is 4. The van der Waals surface area contributed by atoms with Gasteiger partial charge in [-0.05, 0) is 94.5 Å². The minimum atomic E-state index is -4.12. The predicted molar refractivity (Wildman–Crippen MR) is 309 cm³/mol. The van der Waals surface area contributed by atoms with Crippen LogP contribution in [0.1, 0.15) is 60.8 Å². The Labute approximate surface area is 479 Å². The van der Waals surface area contributed by atoms with Crippen LogP contribution in [0, 0.1) is 0 Å². The molecule has 426 valence electrons. The summed E-state index contributed by atoms with van der Waals surface area (Å²) in [6.07, 6.45) is 2.82. The molecule has 2 fully saturated rings. The van der Waals surface area contributed by atoms with Crippen molar-refractivity contribution >= 4 is 43.8 Å². The Balaban J connectivity index is 0.825. The lowest BCUT2D eigenvalue weighted by atomic mass is 10.0. The average molecular weight is 1150 g/mol. The molecule has 0 radical (unpaired) electrons. The van der Waals surface area contributed by atoms with Gasteiger partial charge in [0.2, 0.25) is 31.9 Å². The maximum atomic E-state index is 14.1. The fourth-order valence-electron chi connectivity index (χ4n) is 9.93. The first-order valence-electron chi connectivity index (χ1n) is 27.4. The molecule has 4 atom stereocenters. The van der Waals surface area contributed by atoms with Crippen molar-refractivity contribution in [3.8, 4) is 22.3 Å². The summed E-state index contributed by atoms with van der Waals surface area (Å²) in [5.74, 6) is -2.89. The van der Waals surface area contributed by atoms with Crippen molar-refractivity contribution in [2.75, 3.05) is 26.3 Å². The van der Waals surface area contributed by atoms with Crippen LogP contribution in [0.15, 0.2) is 204 Å². The Bertz CT molecular complexity index is 3220. The lowest BCUT2D eigenvalue weighted by Crippen LogP contribution is -2.56. The third kappa shape index (κ3) is 15.4. The summed E-state index contributed by atoms with van der Waals surface area (Å²) in [7, 11) is -8.23. The van der Waals surface area contributed by atoms with E-state index in [1.165, 1.54) is 32.9 Å². The highest BCUT2D eigenvalue weighted by Crippen LogP contribution is 2.30. The molecule has 9 rings (SSSR count). The number of rotatable bonds is 24. The molecule has 18 heteroatoms. The number of esters is 2. The zero-order valence-corrected chi connectivity index (χ0v) is 46.9. The Morgan fingerprint density at radius 3 is 1.07 bits per heavy atom. The van der Waals surface area contributed by atoms with E-state index in [2.05, 4.69) is 10.6 Å². The van der Waals surface area contributed by atoms with Gasteiger partial charge in [-0.2, -0.15) is 8.61 Å². The summed E-state index contributed by atoms with van der Waals surface area (Å²) in [6.45, 7) is -0.405. The second kappa shape index (κ2) is 28.2. The number of sulfonamides is 2. The minimum absolute atomic E-state index is 0.0519. The number of piperidine rings is 2. The van der Waals surface area contributed by atoms with E-state index in [1.54, 1.807) is 48.5 Å². The molecule has 0 saturated carbocycles. The van der Waals surface area contributed by atoms with Crippen molar-refractivity contribution in [3.63, 3.8) is 0 Å². The van der Waals surface area contributed by atoms with Gasteiger partial charge in [-0.25, -0.2) is 26.4 Å². The molecule has 82 heavy (non-hydrogen) atoms. The van der Waals surface area contributed by atoms with E-state index in [9.17, 15) is 36.0 Å². The monoisotopic (exact) mass is 1150 g/mol. The standard InChI is InChI=1S/C64H66N4O12S2/c69-61(59-25-13-15-39-67(59)81(73,74)55-35-31-53(32-36-55)51-21-9-3-10-22-51)65-57(45-77-41-47-17-5-1-6-18-47)63(71)79-43-49-27-29-50(30-28-49)44-80-64(72)58(46-78-42-48-19-7-2-8-20-48)66-62(70)60-26-14-16-40-68(60)82(75,76)56-37-33-54(34-38-56)52-23-11-4-12-24-52/h1-12,17-24,27-38,57-60H,13-16,25-26,39-46H2,(H,65,69)(H,66,70)/t57-,58?,59?,60?/m0/s1. The van der Waals surface area contributed by atoms with E-state index in [4.69, 9.17) is 18.9 Å². The van der Waals surface area contributed by atoms with Crippen molar-refractivity contribution in [3.05, 3.63) is 216 Å². The Morgan fingerprint density at radius 2 is 0.720 bits per heavy atom. The van der Waals surface area contributed by atoms with Gasteiger partial charge in [0.25, 0.3) is 0 Å². The summed E-state index contributed by atoms with van der Waals surface area (Å²) in [6, 6.07) is 52.8. The molecule has 2 saturated heterocycles. The van der Waals surface area contributed by atoms with Crippen LogP contribution in [0.25, 0.3) is 22.3 Å². The molecule has 7 aromatic carbocycles. The van der Waals surface area contributed by atoms with Gasteiger partial charge in [-0.1, -0.05) is 183 Å². The van der Waals surface area contributed by atoms with Gasteiger partial charge < -0.3 is 29.6 Å². The largest absolute Gasteiger partial charge is 0.459 e. The molecule has 7 aromatic rings. The normalized spacial score (nSPS) is 16.7. The molecule has 0 spiro atoms. The fraction of sp³-hybridized carbons (Fsp3) is 0.281. The highest BCUT2D eigenvalue weighted by atomic mass is 32.2. The van der Waals surface area contributed by atoms with Gasteiger partial charge in [-0.15, -0.1) is 0 Å². The summed E-state index contributed by atoms with van der Waals surface area (Å²) in [5, 5.41) is 5.51. The number of nitrogens with zero attached hydrogens (tertiary/aromatic N) is 2. The van der Waals surface area contributed by atoms with Gasteiger partial charge in [0, 0.05) is 13.1 Å². The molecule has 3 unspecified atom stereocenters. The van der Waals surface area contributed by atoms with Crippen molar-refractivity contribution in [1.82, 2.24) is 19.2 Å². The second-order valence-electron chi connectivity index (χ2n) is 20.2. The quantitative estimate of drug-likeness (QED) is 0.0545. The van der Waals surface area contributed by atoms with E-state index in [0.29, 0.717) is 36.8 Å². The van der Waals surface area contributed by atoms with Gasteiger partial charge in [-0.3, -0.25) is 9.59 Å². The van der Waals surface area contributed by atoms with Crippen LogP contribution < -0.4 is 10.6 Å². The Kier molecular flexibility index (Phi) is 20.2. The third-order valence-electron chi connectivity index (χ3n) is 14.4. The lowest BCUT2D eigenvalue weighted by molar-refractivity contribution is -0.152. The fourth-order valence-corrected chi connectivity index (χ4v) is 13.2. The molecule has 2 heterocycles. The van der Waals surface area contributed by atoms with E-state index in [1.807, 2.05) is 121 Å². The number of hydrogen-bond acceptors (Lipinski definition) is 12. The molecule has 16 nitrogen and oxygen atoms in total. The van der Waals surface area contributed by atoms with Crippen molar-refractivity contribution in [2.45, 2.75) is 98.9 Å². The minimum Gasteiger partial charge on any atom is -0.459 e. The van der Waals surface area contributed by atoms with Crippen molar-refractivity contribution in [1.29, 1.82) is 0 Å². The van der Waals surface area contributed by atoms with Crippen LogP contribution in [0.4, 0.5) is 0 Å². The average Bonchev–Trinajstić information content (AvgIpc) is 3.25.